The van der Waals surface area contributed by atoms with Gasteiger partial charge < -0.3 is 5.32 Å². The minimum atomic E-state index is -3.48. The zero-order chi connectivity index (χ0) is 14.6. The maximum absolute atomic E-state index is 12.0. The van der Waals surface area contributed by atoms with E-state index < -0.39 is 21.1 Å². The zero-order valence-electron chi connectivity index (χ0n) is 12.2. The van der Waals surface area contributed by atoms with Crippen LogP contribution in [-0.4, -0.2) is 32.7 Å². The van der Waals surface area contributed by atoms with Crippen molar-refractivity contribution < 1.29 is 17.4 Å². The molecule has 0 spiro atoms. The fourth-order valence-corrected chi connectivity index (χ4v) is 2.09. The van der Waals surface area contributed by atoms with Crippen molar-refractivity contribution in [3.05, 3.63) is 0 Å². The molecule has 0 radical (unpaired) electrons. The number of rotatable bonds is 7. The van der Waals surface area contributed by atoms with Crippen LogP contribution in [0.4, 0.5) is 0 Å². The maximum atomic E-state index is 12.0. The number of carbonyl (C=O) groups is 1. The summed E-state index contributed by atoms with van der Waals surface area (Å²) in [6.07, 6.45) is 1.04. The lowest BCUT2D eigenvalue weighted by atomic mass is 9.87. The van der Waals surface area contributed by atoms with Crippen molar-refractivity contribution in [2.45, 2.75) is 53.0 Å². The van der Waals surface area contributed by atoms with Crippen LogP contribution in [-0.2, 0) is 19.1 Å². The van der Waals surface area contributed by atoms with Crippen molar-refractivity contribution in [1.29, 1.82) is 0 Å². The predicted octanol–water partition coefficient (Wildman–Crippen LogP) is 1.68. The van der Waals surface area contributed by atoms with E-state index in [4.69, 9.17) is 0 Å². The summed E-state index contributed by atoms with van der Waals surface area (Å²) in [6.45, 7) is 9.29. The molecule has 0 aliphatic carbocycles. The van der Waals surface area contributed by atoms with Crippen molar-refractivity contribution in [3.8, 4) is 0 Å². The molecule has 0 rings (SSSR count). The standard InChI is InChI=1S/C12H25NO4S/c1-7-11(2,3)10(14)13-12(4,5)8-9-18(15,16)17-6/h7-9H2,1-6H3,(H,13,14). The minimum absolute atomic E-state index is 0.0650. The molecule has 1 N–H and O–H groups in total. The molecule has 5 nitrogen and oxygen atoms in total. The molecule has 18 heavy (non-hydrogen) atoms. The second kappa shape index (κ2) is 6.02. The highest BCUT2D eigenvalue weighted by molar-refractivity contribution is 7.86. The molecule has 0 heterocycles. The smallest absolute Gasteiger partial charge is 0.267 e. The maximum Gasteiger partial charge on any atom is 0.267 e. The van der Waals surface area contributed by atoms with Gasteiger partial charge in [-0.15, -0.1) is 0 Å². The Kier molecular flexibility index (Phi) is 5.81. The average molecular weight is 279 g/mol. The Morgan fingerprint density at radius 3 is 2.11 bits per heavy atom. The number of hydrogen-bond donors (Lipinski definition) is 1. The minimum Gasteiger partial charge on any atom is -0.351 e. The van der Waals surface area contributed by atoms with E-state index in [-0.39, 0.29) is 11.7 Å². The summed E-state index contributed by atoms with van der Waals surface area (Å²) in [6, 6.07) is 0. The van der Waals surface area contributed by atoms with Gasteiger partial charge in [-0.2, -0.15) is 8.42 Å². The average Bonchev–Trinajstić information content (AvgIpc) is 2.26. The second-order valence-corrected chi connectivity index (χ2v) is 7.61. The van der Waals surface area contributed by atoms with Gasteiger partial charge in [-0.25, -0.2) is 0 Å². The quantitative estimate of drug-likeness (QED) is 0.720. The molecule has 0 bridgehead atoms. The van der Waals surface area contributed by atoms with Crippen molar-refractivity contribution in [2.24, 2.45) is 5.41 Å². The van der Waals surface area contributed by atoms with Gasteiger partial charge in [0.1, 0.15) is 0 Å². The highest BCUT2D eigenvalue weighted by Crippen LogP contribution is 2.22. The summed E-state index contributed by atoms with van der Waals surface area (Å²) in [4.78, 5) is 12.0. The first kappa shape index (κ1) is 17.4. The Morgan fingerprint density at radius 2 is 1.72 bits per heavy atom. The van der Waals surface area contributed by atoms with Gasteiger partial charge in [0.15, 0.2) is 0 Å². The molecular formula is C12H25NO4S. The lowest BCUT2D eigenvalue weighted by molar-refractivity contribution is -0.131. The summed E-state index contributed by atoms with van der Waals surface area (Å²) >= 11 is 0. The molecule has 0 saturated heterocycles. The van der Waals surface area contributed by atoms with E-state index in [1.807, 2.05) is 34.6 Å². The van der Waals surface area contributed by atoms with Crippen LogP contribution in [0.1, 0.15) is 47.5 Å². The van der Waals surface area contributed by atoms with Crippen LogP contribution in [0.15, 0.2) is 0 Å². The van der Waals surface area contributed by atoms with Crippen molar-refractivity contribution >= 4 is 16.0 Å². The lowest BCUT2D eigenvalue weighted by Gasteiger charge is -2.31. The summed E-state index contributed by atoms with van der Waals surface area (Å²) in [5.74, 6) is -0.173. The molecule has 0 aromatic rings. The van der Waals surface area contributed by atoms with Gasteiger partial charge in [-0.3, -0.25) is 8.98 Å². The predicted molar refractivity (Wildman–Crippen MR) is 71.7 cm³/mol. The van der Waals surface area contributed by atoms with Crippen LogP contribution in [0.5, 0.6) is 0 Å². The Labute approximate surface area is 110 Å². The molecule has 0 aromatic heterocycles. The fourth-order valence-electron chi connectivity index (χ4n) is 1.16. The number of hydrogen-bond acceptors (Lipinski definition) is 4. The SMILES string of the molecule is CCC(C)(C)C(=O)NC(C)(C)CCS(=O)(=O)OC. The molecule has 0 aliphatic heterocycles. The molecule has 0 aliphatic rings. The largest absolute Gasteiger partial charge is 0.351 e. The zero-order valence-corrected chi connectivity index (χ0v) is 13.0. The topological polar surface area (TPSA) is 72.5 Å². The van der Waals surface area contributed by atoms with E-state index in [2.05, 4.69) is 9.50 Å². The highest BCUT2D eigenvalue weighted by atomic mass is 32.2. The summed E-state index contributed by atoms with van der Waals surface area (Å²) < 4.78 is 26.9. The normalized spacial score (nSPS) is 13.4. The Balaban J connectivity index is 4.54. The highest BCUT2D eigenvalue weighted by Gasteiger charge is 2.31. The molecule has 0 saturated carbocycles. The molecule has 0 aromatic carbocycles. The van der Waals surface area contributed by atoms with Gasteiger partial charge >= 0.3 is 0 Å². The van der Waals surface area contributed by atoms with Crippen molar-refractivity contribution in [3.63, 3.8) is 0 Å². The molecule has 0 atom stereocenters. The Morgan fingerprint density at radius 1 is 1.22 bits per heavy atom. The summed E-state index contributed by atoms with van der Waals surface area (Å²) in [5, 5.41) is 2.89. The van der Waals surface area contributed by atoms with E-state index >= 15 is 0 Å². The Hall–Kier alpha value is -0.620. The first-order chi connectivity index (χ1) is 7.96. The van der Waals surface area contributed by atoms with Gasteiger partial charge in [-0.05, 0) is 26.7 Å². The summed E-state index contributed by atoms with van der Waals surface area (Å²) in [5.41, 5.74) is -1.02. The molecule has 6 heteroatoms. The molecule has 0 fully saturated rings. The number of amides is 1. The molecule has 0 unspecified atom stereocenters. The van der Waals surface area contributed by atoms with Crippen LogP contribution < -0.4 is 5.32 Å². The van der Waals surface area contributed by atoms with Gasteiger partial charge in [0.05, 0.1) is 12.9 Å². The van der Waals surface area contributed by atoms with E-state index in [0.717, 1.165) is 13.5 Å². The molecular weight excluding hydrogens is 254 g/mol. The first-order valence-corrected chi connectivity index (χ1v) is 7.64. The van der Waals surface area contributed by atoms with Crippen molar-refractivity contribution in [1.82, 2.24) is 5.32 Å². The monoisotopic (exact) mass is 279 g/mol. The van der Waals surface area contributed by atoms with Crippen LogP contribution in [0, 0.1) is 5.41 Å². The number of nitrogens with one attached hydrogen (secondary N) is 1. The van der Waals surface area contributed by atoms with Gasteiger partial charge in [-0.1, -0.05) is 20.8 Å². The van der Waals surface area contributed by atoms with E-state index in [1.54, 1.807) is 0 Å². The Bertz CT molecular complexity index is 385. The number of carbonyl (C=O) groups excluding carboxylic acids is 1. The van der Waals surface area contributed by atoms with Crippen LogP contribution in [0.2, 0.25) is 0 Å². The summed E-state index contributed by atoms with van der Waals surface area (Å²) in [7, 11) is -2.34. The molecule has 1 amide bonds. The van der Waals surface area contributed by atoms with Crippen LogP contribution >= 0.6 is 0 Å². The van der Waals surface area contributed by atoms with E-state index in [1.165, 1.54) is 0 Å². The third-order valence-corrected chi connectivity index (χ3v) is 4.39. The molecule has 108 valence electrons. The van der Waals surface area contributed by atoms with Gasteiger partial charge in [0.2, 0.25) is 5.91 Å². The van der Waals surface area contributed by atoms with E-state index in [9.17, 15) is 13.2 Å². The third-order valence-electron chi connectivity index (χ3n) is 3.18. The van der Waals surface area contributed by atoms with Crippen LogP contribution in [0.3, 0.4) is 0 Å². The second-order valence-electron chi connectivity index (χ2n) is 5.75. The third kappa shape index (κ3) is 5.82. The van der Waals surface area contributed by atoms with Crippen molar-refractivity contribution in [2.75, 3.05) is 12.9 Å². The fraction of sp³-hybridized carbons (Fsp3) is 0.917. The van der Waals surface area contributed by atoms with Gasteiger partial charge in [0, 0.05) is 11.0 Å². The first-order valence-electron chi connectivity index (χ1n) is 6.07. The van der Waals surface area contributed by atoms with Crippen LogP contribution in [0.25, 0.3) is 0 Å². The van der Waals surface area contributed by atoms with Gasteiger partial charge in [0.25, 0.3) is 10.1 Å². The van der Waals surface area contributed by atoms with E-state index in [0.29, 0.717) is 6.42 Å². The lowest BCUT2D eigenvalue weighted by Crippen LogP contribution is -2.49.